The summed E-state index contributed by atoms with van der Waals surface area (Å²) in [4.78, 5) is 35.2. The number of halogens is 2. The number of rotatable bonds is 6. The molecule has 1 fully saturated rings. The second-order valence-electron chi connectivity index (χ2n) is 11.2. The number of aromatic nitrogens is 1. The van der Waals surface area contributed by atoms with E-state index < -0.39 is 41.2 Å². The molecule has 0 aliphatic carbocycles. The van der Waals surface area contributed by atoms with E-state index in [4.69, 9.17) is 35.4 Å². The lowest BCUT2D eigenvalue weighted by atomic mass is 9.93. The average Bonchev–Trinajstić information content (AvgIpc) is 3.33. The van der Waals surface area contributed by atoms with E-state index in [1.165, 1.54) is 16.3 Å². The van der Waals surface area contributed by atoms with Crippen LogP contribution in [-0.2, 0) is 25.5 Å². The number of hydroxylamine groups is 2. The number of fused-ring (bicyclic) bond motifs is 3. The zero-order valence-electron chi connectivity index (χ0n) is 24.1. The van der Waals surface area contributed by atoms with Crippen molar-refractivity contribution in [1.82, 2.24) is 14.5 Å². The minimum Gasteiger partial charge on any atom is -0.496 e. The Hall–Kier alpha value is -1.70. The summed E-state index contributed by atoms with van der Waals surface area (Å²) in [7, 11) is 1.59. The predicted molar refractivity (Wildman–Crippen MR) is 158 cm³/mol. The molecule has 0 saturated carbocycles. The van der Waals surface area contributed by atoms with Crippen molar-refractivity contribution >= 4 is 62.4 Å². The van der Waals surface area contributed by atoms with Crippen LogP contribution in [0.1, 0.15) is 58.8 Å². The van der Waals surface area contributed by atoms with Crippen molar-refractivity contribution in [3.63, 3.8) is 0 Å². The molecule has 222 valence electrons. The lowest BCUT2D eigenvalue weighted by Crippen LogP contribution is -2.55. The van der Waals surface area contributed by atoms with Gasteiger partial charge in [0.15, 0.2) is 5.56 Å². The normalized spacial score (nSPS) is 21.8. The molecule has 2 aliphatic heterocycles. The van der Waals surface area contributed by atoms with Crippen LogP contribution < -0.4 is 4.74 Å². The fraction of sp³-hybridized carbons (Fsp3) is 0.630. The van der Waals surface area contributed by atoms with Gasteiger partial charge in [0.2, 0.25) is 0 Å². The first-order valence-electron chi connectivity index (χ1n) is 13.0. The molecule has 1 unspecified atom stereocenters. The molecule has 0 N–H and O–H groups in total. The summed E-state index contributed by atoms with van der Waals surface area (Å²) in [6.07, 6.45) is 1.38. The van der Waals surface area contributed by atoms with Crippen LogP contribution >= 0.6 is 39.3 Å². The highest BCUT2D eigenvalue weighted by Gasteiger charge is 2.53. The number of amides is 1. The van der Waals surface area contributed by atoms with Gasteiger partial charge in [0, 0.05) is 11.9 Å². The van der Waals surface area contributed by atoms with Gasteiger partial charge in [-0.05, 0) is 87.8 Å². The van der Waals surface area contributed by atoms with Crippen molar-refractivity contribution in [3.05, 3.63) is 27.9 Å². The van der Waals surface area contributed by atoms with Gasteiger partial charge < -0.3 is 18.9 Å². The maximum absolute atomic E-state index is 13.7. The fourth-order valence-electron chi connectivity index (χ4n) is 5.36. The molecule has 0 bridgehead atoms. The number of alkyl halides is 1. The maximum atomic E-state index is 13.7. The van der Waals surface area contributed by atoms with Crippen LogP contribution in [-0.4, -0.2) is 82.1 Å². The zero-order valence-corrected chi connectivity index (χ0v) is 27.2. The minimum absolute atomic E-state index is 0.199. The molecular formula is C27H37BrClN3O7S. The first-order valence-corrected chi connectivity index (χ1v) is 15.6. The van der Waals surface area contributed by atoms with E-state index >= 15 is 0 Å². The van der Waals surface area contributed by atoms with Crippen molar-refractivity contribution in [2.24, 2.45) is 0 Å². The van der Waals surface area contributed by atoms with Gasteiger partial charge in [-0.1, -0.05) is 11.6 Å². The number of nitrogens with zero attached hydrogens (tertiary/aromatic N) is 3. The summed E-state index contributed by atoms with van der Waals surface area (Å²) in [6.45, 7) is 11.4. The summed E-state index contributed by atoms with van der Waals surface area (Å²) in [5, 5.41) is 2.68. The van der Waals surface area contributed by atoms with Crippen molar-refractivity contribution in [1.29, 1.82) is 0 Å². The Bertz CT molecular complexity index is 1280. The number of carbonyl (C=O) groups excluding carboxylic acids is 2. The van der Waals surface area contributed by atoms with Crippen LogP contribution in [0.4, 0.5) is 9.59 Å². The lowest BCUT2D eigenvalue weighted by molar-refractivity contribution is -0.188. The quantitative estimate of drug-likeness (QED) is 0.254. The van der Waals surface area contributed by atoms with E-state index in [9.17, 15) is 9.59 Å². The third-order valence-electron chi connectivity index (χ3n) is 6.81. The summed E-state index contributed by atoms with van der Waals surface area (Å²) in [5.74, 6) is 1.02. The van der Waals surface area contributed by atoms with Crippen LogP contribution in [0.2, 0.25) is 0 Å². The van der Waals surface area contributed by atoms with E-state index in [0.717, 1.165) is 10.9 Å². The second kappa shape index (κ2) is 11.9. The molecule has 1 saturated heterocycles. The highest BCUT2D eigenvalue weighted by molar-refractivity contribution is 9.10. The third kappa shape index (κ3) is 6.07. The maximum Gasteiger partial charge on any atom is 0.420 e. The molecular weight excluding hydrogens is 626 g/mol. The fourth-order valence-corrected chi connectivity index (χ4v) is 6.17. The van der Waals surface area contributed by atoms with Gasteiger partial charge in [-0.2, -0.15) is 5.06 Å². The number of hydrogen-bond acceptors (Lipinski definition) is 9. The standard InChI is InChI=1S/C27H37BrClN3O7S/c1-15(29)38-24(33)31-19-12-18(28)21(35-7)11-17(19)16-9-10-30(37-14-40-8)23(22(16)31)20-13-36-27(5,6)32(20)25(34)39-26(2,3)4/h11-12,15,20,23H,9-10,13-14H2,1-8H3/t15?,20-,23+/m1/s1. The molecule has 10 nitrogen and oxygen atoms in total. The van der Waals surface area contributed by atoms with Crippen molar-refractivity contribution < 1.29 is 33.4 Å². The van der Waals surface area contributed by atoms with Gasteiger partial charge in [0.05, 0.1) is 41.5 Å². The monoisotopic (exact) mass is 661 g/mol. The van der Waals surface area contributed by atoms with Crippen molar-refractivity contribution in [2.75, 3.05) is 32.5 Å². The Kier molecular flexibility index (Phi) is 9.28. The van der Waals surface area contributed by atoms with Crippen molar-refractivity contribution in [3.8, 4) is 5.75 Å². The highest BCUT2D eigenvalue weighted by atomic mass is 79.9. The van der Waals surface area contributed by atoms with Gasteiger partial charge >= 0.3 is 12.2 Å². The van der Waals surface area contributed by atoms with Crippen LogP contribution in [0.25, 0.3) is 10.9 Å². The molecule has 1 amide bonds. The summed E-state index contributed by atoms with van der Waals surface area (Å²) < 4.78 is 25.3. The van der Waals surface area contributed by atoms with E-state index in [0.29, 0.717) is 40.3 Å². The van der Waals surface area contributed by atoms with E-state index in [2.05, 4.69) is 15.9 Å². The van der Waals surface area contributed by atoms with Gasteiger partial charge in [-0.15, -0.1) is 11.8 Å². The number of ether oxygens (including phenoxy) is 4. The summed E-state index contributed by atoms with van der Waals surface area (Å²) in [6, 6.07) is 2.58. The van der Waals surface area contributed by atoms with Gasteiger partial charge in [-0.3, -0.25) is 9.74 Å². The lowest BCUT2D eigenvalue weighted by Gasteiger charge is -2.43. The smallest absolute Gasteiger partial charge is 0.420 e. The Morgan fingerprint density at radius 1 is 1.27 bits per heavy atom. The molecule has 13 heteroatoms. The number of hydrogen-bond donors (Lipinski definition) is 0. The van der Waals surface area contributed by atoms with Crippen LogP contribution in [0.5, 0.6) is 5.75 Å². The molecule has 40 heavy (non-hydrogen) atoms. The van der Waals surface area contributed by atoms with Gasteiger partial charge in [-0.25, -0.2) is 14.2 Å². The van der Waals surface area contributed by atoms with Gasteiger partial charge in [0.25, 0.3) is 0 Å². The predicted octanol–water partition coefficient (Wildman–Crippen LogP) is 6.51. The van der Waals surface area contributed by atoms with E-state index in [-0.39, 0.29) is 6.61 Å². The number of benzene rings is 1. The average molecular weight is 663 g/mol. The molecule has 3 heterocycles. The van der Waals surface area contributed by atoms with Crippen LogP contribution in [0.3, 0.4) is 0 Å². The topological polar surface area (TPSA) is 91.7 Å². The number of carbonyl (C=O) groups is 2. The molecule has 2 aromatic rings. The zero-order chi connectivity index (χ0) is 29.6. The van der Waals surface area contributed by atoms with Crippen LogP contribution in [0, 0.1) is 0 Å². The largest absolute Gasteiger partial charge is 0.496 e. The SMILES string of the molecule is COc1cc2c3c(n(C(=O)OC(C)Cl)c2cc1Br)[C@H]([C@H]1COC(C)(C)N1C(=O)OC(C)(C)C)N(OCSC)CC3. The Labute approximate surface area is 252 Å². The molecule has 0 spiro atoms. The first-order chi connectivity index (χ1) is 18.7. The first kappa shape index (κ1) is 31.2. The molecule has 3 atom stereocenters. The molecule has 1 aromatic heterocycles. The molecule has 4 rings (SSSR count). The van der Waals surface area contributed by atoms with Gasteiger partial charge in [0.1, 0.15) is 23.0 Å². The Balaban J connectivity index is 1.97. The molecule has 0 radical (unpaired) electrons. The summed E-state index contributed by atoms with van der Waals surface area (Å²) in [5.41, 5.74) is -0.346. The molecule has 2 aliphatic rings. The summed E-state index contributed by atoms with van der Waals surface area (Å²) >= 11 is 11.2. The van der Waals surface area contributed by atoms with E-state index in [1.807, 2.05) is 58.1 Å². The number of thioether (sulfide) groups is 1. The highest BCUT2D eigenvalue weighted by Crippen LogP contribution is 2.46. The molecule has 1 aromatic carbocycles. The van der Waals surface area contributed by atoms with Crippen molar-refractivity contribution in [2.45, 2.75) is 76.9 Å². The third-order valence-corrected chi connectivity index (χ3v) is 7.86. The Morgan fingerprint density at radius 2 is 1.98 bits per heavy atom. The van der Waals surface area contributed by atoms with E-state index in [1.54, 1.807) is 18.9 Å². The second-order valence-corrected chi connectivity index (χ2v) is 13.5. The minimum atomic E-state index is -0.968. The Morgan fingerprint density at radius 3 is 2.58 bits per heavy atom. The van der Waals surface area contributed by atoms with Crippen LogP contribution in [0.15, 0.2) is 16.6 Å². The number of methoxy groups -OCH3 is 1.